The van der Waals surface area contributed by atoms with Gasteiger partial charge in [0.05, 0.1) is 6.61 Å². The fourth-order valence-corrected chi connectivity index (χ4v) is 2.49. The monoisotopic (exact) mass is 321 g/mol. The lowest BCUT2D eigenvalue weighted by Crippen LogP contribution is -2.28. The number of hydrogen-bond acceptors (Lipinski definition) is 4. The number of hydrogen-bond donors (Lipinski definition) is 1. The predicted octanol–water partition coefficient (Wildman–Crippen LogP) is 3.01. The Morgan fingerprint density at radius 2 is 1.70 bits per heavy atom. The van der Waals surface area contributed by atoms with Gasteiger partial charge in [0.1, 0.15) is 5.75 Å². The lowest BCUT2D eigenvalue weighted by atomic mass is 10.1. The van der Waals surface area contributed by atoms with Crippen LogP contribution in [0.2, 0.25) is 0 Å². The molecule has 1 N–H and O–H groups in total. The second-order valence-electron chi connectivity index (χ2n) is 6.28. The number of likely N-dealkylation sites (N-methyl/N-ethyl adjacent to an activating group) is 1. The molecule has 23 heavy (non-hydrogen) atoms. The normalized spacial score (nSPS) is 12.8. The Hall–Kier alpha value is -1.10. The van der Waals surface area contributed by atoms with Crippen molar-refractivity contribution in [1.29, 1.82) is 0 Å². The van der Waals surface area contributed by atoms with E-state index in [9.17, 15) is 0 Å². The molecule has 4 heteroatoms. The van der Waals surface area contributed by atoms with E-state index in [1.807, 2.05) is 0 Å². The highest BCUT2D eigenvalue weighted by molar-refractivity contribution is 5.28. The summed E-state index contributed by atoms with van der Waals surface area (Å²) in [5.74, 6) is 0.966. The smallest absolute Gasteiger partial charge is 0.119 e. The molecule has 0 amide bonds. The summed E-state index contributed by atoms with van der Waals surface area (Å²) in [5.41, 5.74) is 1.30. The van der Waals surface area contributed by atoms with Gasteiger partial charge in [0, 0.05) is 25.7 Å². The minimum absolute atomic E-state index is 0.367. The van der Waals surface area contributed by atoms with Crippen molar-refractivity contribution in [3.8, 4) is 5.75 Å². The lowest BCUT2D eigenvalue weighted by molar-refractivity contribution is 0.249. The van der Waals surface area contributed by atoms with E-state index in [1.54, 1.807) is 0 Å². The second kappa shape index (κ2) is 11.4. The Balaban J connectivity index is 2.29. The van der Waals surface area contributed by atoms with Crippen LogP contribution in [0.4, 0.5) is 0 Å². The number of ether oxygens (including phenoxy) is 1. The molecule has 132 valence electrons. The fraction of sp³-hybridized carbons (Fsp3) is 0.684. The molecule has 0 saturated carbocycles. The van der Waals surface area contributed by atoms with Gasteiger partial charge in [-0.2, -0.15) is 0 Å². The average molecular weight is 322 g/mol. The first-order valence-corrected chi connectivity index (χ1v) is 8.90. The molecule has 0 saturated heterocycles. The molecule has 0 fully saturated rings. The van der Waals surface area contributed by atoms with Crippen molar-refractivity contribution in [2.24, 2.45) is 0 Å². The van der Waals surface area contributed by atoms with Crippen molar-refractivity contribution in [1.82, 2.24) is 15.1 Å². The van der Waals surface area contributed by atoms with Gasteiger partial charge in [0.25, 0.3) is 0 Å². The average Bonchev–Trinajstić information content (AvgIpc) is 2.55. The number of nitrogens with zero attached hydrogens (tertiary/aromatic N) is 2. The van der Waals surface area contributed by atoms with Crippen LogP contribution >= 0.6 is 0 Å². The van der Waals surface area contributed by atoms with Crippen molar-refractivity contribution in [3.63, 3.8) is 0 Å². The highest BCUT2D eigenvalue weighted by Gasteiger charge is 2.05. The minimum atomic E-state index is 0.367. The molecule has 0 heterocycles. The van der Waals surface area contributed by atoms with Crippen LogP contribution in [0.1, 0.15) is 38.8 Å². The van der Waals surface area contributed by atoms with E-state index in [2.05, 4.69) is 74.2 Å². The summed E-state index contributed by atoms with van der Waals surface area (Å²) in [4.78, 5) is 4.61. The van der Waals surface area contributed by atoms with Gasteiger partial charge >= 0.3 is 0 Å². The first-order valence-electron chi connectivity index (χ1n) is 8.90. The summed E-state index contributed by atoms with van der Waals surface area (Å²) in [7, 11) is 4.19. The molecular weight excluding hydrogens is 286 g/mol. The fourth-order valence-electron chi connectivity index (χ4n) is 2.49. The van der Waals surface area contributed by atoms with E-state index in [0.29, 0.717) is 6.04 Å². The van der Waals surface area contributed by atoms with Gasteiger partial charge in [-0.15, -0.1) is 0 Å². The van der Waals surface area contributed by atoms with Crippen LogP contribution in [0.25, 0.3) is 0 Å². The Morgan fingerprint density at radius 3 is 2.26 bits per heavy atom. The number of nitrogens with one attached hydrogen (secondary N) is 1. The quantitative estimate of drug-likeness (QED) is 0.599. The highest BCUT2D eigenvalue weighted by atomic mass is 16.5. The van der Waals surface area contributed by atoms with Crippen molar-refractivity contribution in [2.75, 3.05) is 53.4 Å². The molecule has 0 aliphatic carbocycles. The summed E-state index contributed by atoms with van der Waals surface area (Å²) in [6, 6.07) is 8.85. The molecule has 0 spiro atoms. The summed E-state index contributed by atoms with van der Waals surface area (Å²) >= 11 is 0. The van der Waals surface area contributed by atoms with Crippen molar-refractivity contribution in [3.05, 3.63) is 29.8 Å². The zero-order valence-corrected chi connectivity index (χ0v) is 15.6. The van der Waals surface area contributed by atoms with Gasteiger partial charge in [-0.3, -0.25) is 0 Å². The van der Waals surface area contributed by atoms with Crippen LogP contribution in [-0.4, -0.2) is 63.2 Å². The first-order chi connectivity index (χ1) is 11.1. The zero-order valence-electron chi connectivity index (χ0n) is 15.6. The topological polar surface area (TPSA) is 27.7 Å². The summed E-state index contributed by atoms with van der Waals surface area (Å²) in [6.07, 6.45) is 1.08. The third-order valence-corrected chi connectivity index (χ3v) is 4.17. The Labute approximate surface area is 142 Å². The molecule has 0 aliphatic heterocycles. The minimum Gasteiger partial charge on any atom is -0.494 e. The summed E-state index contributed by atoms with van der Waals surface area (Å²) in [5, 5.41) is 3.54. The molecule has 1 aromatic carbocycles. The maximum absolute atomic E-state index is 5.84. The van der Waals surface area contributed by atoms with Crippen LogP contribution in [-0.2, 0) is 0 Å². The SMILES string of the molecule is CCN(CC)CCCOc1ccc([C@@H](C)NCCN(C)C)cc1. The molecule has 0 unspecified atom stereocenters. The van der Waals surface area contributed by atoms with Gasteiger partial charge in [-0.25, -0.2) is 0 Å². The molecule has 0 aromatic heterocycles. The Kier molecular flexibility index (Phi) is 9.92. The van der Waals surface area contributed by atoms with Crippen molar-refractivity contribution in [2.45, 2.75) is 33.2 Å². The second-order valence-corrected chi connectivity index (χ2v) is 6.28. The lowest BCUT2D eigenvalue weighted by Gasteiger charge is -2.18. The molecular formula is C19H35N3O. The van der Waals surface area contributed by atoms with Gasteiger partial charge in [-0.05, 0) is 58.2 Å². The Morgan fingerprint density at radius 1 is 1.04 bits per heavy atom. The van der Waals surface area contributed by atoms with Crippen molar-refractivity contribution >= 4 is 0 Å². The van der Waals surface area contributed by atoms with Crippen LogP contribution < -0.4 is 10.1 Å². The van der Waals surface area contributed by atoms with E-state index in [4.69, 9.17) is 4.74 Å². The molecule has 0 aliphatic rings. The van der Waals surface area contributed by atoms with Crippen LogP contribution in [0, 0.1) is 0 Å². The van der Waals surface area contributed by atoms with E-state index < -0.39 is 0 Å². The third kappa shape index (κ3) is 8.35. The largest absolute Gasteiger partial charge is 0.494 e. The third-order valence-electron chi connectivity index (χ3n) is 4.17. The van der Waals surface area contributed by atoms with Crippen LogP contribution in [0.5, 0.6) is 5.75 Å². The van der Waals surface area contributed by atoms with E-state index in [-0.39, 0.29) is 0 Å². The number of benzene rings is 1. The van der Waals surface area contributed by atoms with E-state index in [0.717, 1.165) is 51.5 Å². The molecule has 1 aromatic rings. The molecule has 0 radical (unpaired) electrons. The molecule has 0 bridgehead atoms. The first kappa shape index (κ1) is 19.9. The summed E-state index contributed by atoms with van der Waals surface area (Å²) in [6.45, 7) is 12.8. The molecule has 1 atom stereocenters. The van der Waals surface area contributed by atoms with Crippen LogP contribution in [0.15, 0.2) is 24.3 Å². The molecule has 1 rings (SSSR count). The molecule has 4 nitrogen and oxygen atoms in total. The zero-order chi connectivity index (χ0) is 17.1. The maximum Gasteiger partial charge on any atom is 0.119 e. The predicted molar refractivity (Wildman–Crippen MR) is 99.3 cm³/mol. The Bertz CT molecular complexity index is 402. The van der Waals surface area contributed by atoms with Gasteiger partial charge in [0.15, 0.2) is 0 Å². The van der Waals surface area contributed by atoms with E-state index in [1.165, 1.54) is 5.56 Å². The standard InChI is InChI=1S/C19H35N3O/c1-6-22(7-2)14-8-16-23-19-11-9-18(10-12-19)17(3)20-13-15-21(4)5/h9-12,17,20H,6-8,13-16H2,1-5H3/t17-/m1/s1. The maximum atomic E-state index is 5.84. The highest BCUT2D eigenvalue weighted by Crippen LogP contribution is 2.17. The van der Waals surface area contributed by atoms with E-state index >= 15 is 0 Å². The summed E-state index contributed by atoms with van der Waals surface area (Å²) < 4.78 is 5.84. The van der Waals surface area contributed by atoms with Gasteiger partial charge in [-0.1, -0.05) is 26.0 Å². The number of rotatable bonds is 12. The van der Waals surface area contributed by atoms with Gasteiger partial charge in [0.2, 0.25) is 0 Å². The van der Waals surface area contributed by atoms with Crippen LogP contribution in [0.3, 0.4) is 0 Å². The van der Waals surface area contributed by atoms with Crippen molar-refractivity contribution < 1.29 is 4.74 Å². The van der Waals surface area contributed by atoms with Gasteiger partial charge < -0.3 is 19.9 Å².